The Morgan fingerprint density at radius 3 is 2.44 bits per heavy atom. The molecule has 0 radical (unpaired) electrons. The number of nitrogens with one attached hydrogen (secondary N) is 2. The molecule has 2 amide bonds. The molecule has 1 aliphatic heterocycles. The maximum absolute atomic E-state index is 13.2. The summed E-state index contributed by atoms with van der Waals surface area (Å²) in [5.74, 6) is -0.857. The van der Waals surface area contributed by atoms with Crippen LogP contribution in [0.5, 0.6) is 0 Å². The first-order chi connectivity index (χ1) is 16.3. The van der Waals surface area contributed by atoms with Crippen LogP contribution in [0.1, 0.15) is 28.8 Å². The SMILES string of the molecule is Cc1cccc(NC(=O)c2ccccc2NC(=O)C2CCCN2S(=O)(=O)c2ccc(Cl)cc2)c1. The van der Waals surface area contributed by atoms with Gasteiger partial charge in [0.1, 0.15) is 6.04 Å². The summed E-state index contributed by atoms with van der Waals surface area (Å²) in [5.41, 5.74) is 2.24. The van der Waals surface area contributed by atoms with Gasteiger partial charge < -0.3 is 10.6 Å². The number of carbonyl (C=O) groups excluding carboxylic acids is 2. The maximum atomic E-state index is 13.2. The molecule has 2 N–H and O–H groups in total. The number of hydrogen-bond acceptors (Lipinski definition) is 4. The molecule has 176 valence electrons. The second kappa shape index (κ2) is 9.97. The van der Waals surface area contributed by atoms with Gasteiger partial charge in [-0.2, -0.15) is 4.31 Å². The number of aryl methyl sites for hydroxylation is 1. The zero-order valence-electron chi connectivity index (χ0n) is 18.5. The largest absolute Gasteiger partial charge is 0.324 e. The van der Waals surface area contributed by atoms with Crippen LogP contribution in [0, 0.1) is 6.92 Å². The van der Waals surface area contributed by atoms with Crippen LogP contribution in [-0.4, -0.2) is 37.1 Å². The number of rotatable bonds is 6. The zero-order valence-corrected chi connectivity index (χ0v) is 20.1. The van der Waals surface area contributed by atoms with Crippen molar-refractivity contribution in [2.45, 2.75) is 30.7 Å². The van der Waals surface area contributed by atoms with Gasteiger partial charge in [-0.05, 0) is 73.9 Å². The van der Waals surface area contributed by atoms with Crippen LogP contribution in [0.4, 0.5) is 11.4 Å². The molecule has 34 heavy (non-hydrogen) atoms. The summed E-state index contributed by atoms with van der Waals surface area (Å²) in [5, 5.41) is 6.03. The van der Waals surface area contributed by atoms with Crippen molar-refractivity contribution in [3.63, 3.8) is 0 Å². The van der Waals surface area contributed by atoms with Gasteiger partial charge in [0.15, 0.2) is 0 Å². The highest BCUT2D eigenvalue weighted by atomic mass is 35.5. The predicted molar refractivity (Wildman–Crippen MR) is 133 cm³/mol. The maximum Gasteiger partial charge on any atom is 0.257 e. The first-order valence-corrected chi connectivity index (χ1v) is 12.6. The van der Waals surface area contributed by atoms with E-state index in [1.807, 2.05) is 25.1 Å². The van der Waals surface area contributed by atoms with E-state index in [1.165, 1.54) is 28.6 Å². The van der Waals surface area contributed by atoms with E-state index in [0.717, 1.165) is 5.56 Å². The molecule has 4 rings (SSSR count). The Morgan fingerprint density at radius 1 is 0.971 bits per heavy atom. The van der Waals surface area contributed by atoms with E-state index in [4.69, 9.17) is 11.6 Å². The molecule has 1 aliphatic rings. The third-order valence-corrected chi connectivity index (χ3v) is 7.81. The first kappa shape index (κ1) is 23.9. The number of amides is 2. The molecular formula is C25H24ClN3O4S. The van der Waals surface area contributed by atoms with Crippen molar-refractivity contribution < 1.29 is 18.0 Å². The zero-order chi connectivity index (χ0) is 24.3. The normalized spacial score (nSPS) is 16.2. The molecule has 0 bridgehead atoms. The molecule has 1 heterocycles. The molecule has 3 aromatic carbocycles. The molecule has 7 nitrogen and oxygen atoms in total. The Kier molecular flexibility index (Phi) is 7.02. The smallest absolute Gasteiger partial charge is 0.257 e. The lowest BCUT2D eigenvalue weighted by molar-refractivity contribution is -0.119. The summed E-state index contributed by atoms with van der Waals surface area (Å²) in [7, 11) is -3.88. The number of sulfonamides is 1. The Labute approximate surface area is 203 Å². The van der Waals surface area contributed by atoms with Crippen LogP contribution in [-0.2, 0) is 14.8 Å². The third kappa shape index (κ3) is 5.14. The highest BCUT2D eigenvalue weighted by Gasteiger charge is 2.39. The van der Waals surface area contributed by atoms with Gasteiger partial charge in [-0.3, -0.25) is 9.59 Å². The minimum atomic E-state index is -3.88. The molecule has 0 saturated carbocycles. The highest BCUT2D eigenvalue weighted by Crippen LogP contribution is 2.28. The van der Waals surface area contributed by atoms with Crippen molar-refractivity contribution in [1.29, 1.82) is 0 Å². The molecule has 1 atom stereocenters. The van der Waals surface area contributed by atoms with Crippen molar-refractivity contribution in [2.24, 2.45) is 0 Å². The van der Waals surface area contributed by atoms with Crippen LogP contribution in [0.2, 0.25) is 5.02 Å². The second-order valence-corrected chi connectivity index (χ2v) is 10.4. The molecule has 0 aromatic heterocycles. The summed E-state index contributed by atoms with van der Waals surface area (Å²) in [6.45, 7) is 2.16. The van der Waals surface area contributed by atoms with E-state index in [0.29, 0.717) is 29.2 Å². The van der Waals surface area contributed by atoms with E-state index < -0.39 is 22.0 Å². The fourth-order valence-electron chi connectivity index (χ4n) is 3.96. The summed E-state index contributed by atoms with van der Waals surface area (Å²) < 4.78 is 27.5. The molecule has 9 heteroatoms. The fraction of sp³-hybridized carbons (Fsp3) is 0.200. The molecule has 0 spiro atoms. The van der Waals surface area contributed by atoms with Gasteiger partial charge in [0.25, 0.3) is 5.91 Å². The van der Waals surface area contributed by atoms with E-state index in [1.54, 1.807) is 30.3 Å². The van der Waals surface area contributed by atoms with Crippen molar-refractivity contribution in [3.05, 3.63) is 88.9 Å². The standard InChI is InChI=1S/C25H24ClN3O4S/c1-17-6-4-7-19(16-17)27-24(30)21-8-2-3-9-22(21)28-25(31)23-10-5-15-29(23)34(32,33)20-13-11-18(26)12-14-20/h2-4,6-9,11-14,16,23H,5,10,15H2,1H3,(H,27,30)(H,28,31). The number of anilines is 2. The van der Waals surface area contributed by atoms with Gasteiger partial charge in [-0.1, -0.05) is 35.9 Å². The number of hydrogen-bond donors (Lipinski definition) is 2. The average molecular weight is 498 g/mol. The lowest BCUT2D eigenvalue weighted by Gasteiger charge is -2.24. The number of benzene rings is 3. The number of nitrogens with zero attached hydrogens (tertiary/aromatic N) is 1. The lowest BCUT2D eigenvalue weighted by atomic mass is 10.1. The minimum Gasteiger partial charge on any atom is -0.324 e. The lowest BCUT2D eigenvalue weighted by Crippen LogP contribution is -2.43. The molecule has 0 aliphatic carbocycles. The van der Waals surface area contributed by atoms with Crippen LogP contribution < -0.4 is 10.6 Å². The fourth-order valence-corrected chi connectivity index (χ4v) is 5.74. The van der Waals surface area contributed by atoms with Crippen molar-refractivity contribution in [3.8, 4) is 0 Å². The third-order valence-electron chi connectivity index (χ3n) is 5.63. The quantitative estimate of drug-likeness (QED) is 0.516. The Balaban J connectivity index is 1.53. The van der Waals surface area contributed by atoms with Gasteiger partial charge in [0, 0.05) is 17.3 Å². The Morgan fingerprint density at radius 2 is 1.71 bits per heavy atom. The first-order valence-electron chi connectivity index (χ1n) is 10.8. The predicted octanol–water partition coefficient (Wildman–Crippen LogP) is 4.69. The van der Waals surface area contributed by atoms with Crippen molar-refractivity contribution in [2.75, 3.05) is 17.2 Å². The van der Waals surface area contributed by atoms with Gasteiger partial charge in [-0.25, -0.2) is 8.42 Å². The van der Waals surface area contributed by atoms with Gasteiger partial charge in [-0.15, -0.1) is 0 Å². The summed E-state index contributed by atoms with van der Waals surface area (Å²) in [6.07, 6.45) is 0.941. The highest BCUT2D eigenvalue weighted by molar-refractivity contribution is 7.89. The monoisotopic (exact) mass is 497 g/mol. The van der Waals surface area contributed by atoms with Crippen LogP contribution in [0.3, 0.4) is 0 Å². The molecule has 1 saturated heterocycles. The van der Waals surface area contributed by atoms with Crippen molar-refractivity contribution in [1.82, 2.24) is 4.31 Å². The van der Waals surface area contributed by atoms with E-state index in [2.05, 4.69) is 10.6 Å². The minimum absolute atomic E-state index is 0.0783. The molecule has 3 aromatic rings. The molecule has 1 unspecified atom stereocenters. The van der Waals surface area contributed by atoms with Crippen molar-refractivity contribution >= 4 is 44.8 Å². The molecular weight excluding hydrogens is 474 g/mol. The Bertz CT molecular complexity index is 1330. The van der Waals surface area contributed by atoms with E-state index >= 15 is 0 Å². The van der Waals surface area contributed by atoms with Gasteiger partial charge in [0.05, 0.1) is 16.1 Å². The molecule has 1 fully saturated rings. The second-order valence-electron chi connectivity index (χ2n) is 8.09. The van der Waals surface area contributed by atoms with E-state index in [9.17, 15) is 18.0 Å². The van der Waals surface area contributed by atoms with Crippen LogP contribution in [0.25, 0.3) is 0 Å². The van der Waals surface area contributed by atoms with Crippen LogP contribution >= 0.6 is 11.6 Å². The number of para-hydroxylation sites is 1. The summed E-state index contributed by atoms with van der Waals surface area (Å²) in [4.78, 5) is 26.1. The number of carbonyl (C=O) groups is 2. The Hall–Kier alpha value is -3.20. The summed E-state index contributed by atoms with van der Waals surface area (Å²) >= 11 is 5.88. The van der Waals surface area contributed by atoms with Gasteiger partial charge >= 0.3 is 0 Å². The summed E-state index contributed by atoms with van der Waals surface area (Å²) in [6, 6.07) is 19.0. The van der Waals surface area contributed by atoms with Gasteiger partial charge in [0.2, 0.25) is 15.9 Å². The number of halogens is 1. The van der Waals surface area contributed by atoms with Crippen LogP contribution in [0.15, 0.2) is 77.7 Å². The topological polar surface area (TPSA) is 95.6 Å². The van der Waals surface area contributed by atoms with E-state index in [-0.39, 0.29) is 22.9 Å². The average Bonchev–Trinajstić information content (AvgIpc) is 3.31.